The average Bonchev–Trinajstić information content (AvgIpc) is 2.94. The molecule has 1 aliphatic rings. The lowest BCUT2D eigenvalue weighted by atomic mass is 10.1. The molecule has 0 unspecified atom stereocenters. The van der Waals surface area contributed by atoms with Gasteiger partial charge in [0.1, 0.15) is 17.3 Å². The molecule has 1 amide bonds. The van der Waals surface area contributed by atoms with Crippen LogP contribution in [0.5, 0.6) is 0 Å². The van der Waals surface area contributed by atoms with Gasteiger partial charge in [0.05, 0.1) is 32.1 Å². The van der Waals surface area contributed by atoms with Crippen molar-refractivity contribution in [3.05, 3.63) is 52.3 Å². The van der Waals surface area contributed by atoms with Gasteiger partial charge in [0.15, 0.2) is 0 Å². The van der Waals surface area contributed by atoms with Gasteiger partial charge in [-0.05, 0) is 19.9 Å². The first-order valence-corrected chi connectivity index (χ1v) is 9.67. The summed E-state index contributed by atoms with van der Waals surface area (Å²) >= 11 is 0. The summed E-state index contributed by atoms with van der Waals surface area (Å²) in [5.41, 5.74) is 3.47. The summed E-state index contributed by atoms with van der Waals surface area (Å²) in [5, 5.41) is 2.85. The standard InChI is InChI=1S/C21H27F2N3O3/c1-14-19(25-7-10-29-11-8-25)15(2)26(20(14)21(27)24-6-9-28-3)13-16-4-5-17(22)12-18(16)23/h4-5,12H,6-11,13H2,1-3H3,(H,24,27). The number of amides is 1. The molecule has 2 heterocycles. The lowest BCUT2D eigenvalue weighted by Gasteiger charge is -2.29. The molecule has 8 heteroatoms. The SMILES string of the molecule is COCCNC(=O)c1c(C)c(N2CCOCC2)c(C)n1Cc1ccc(F)cc1F. The van der Waals surface area contributed by atoms with E-state index in [4.69, 9.17) is 9.47 Å². The van der Waals surface area contributed by atoms with Crippen LogP contribution in [-0.2, 0) is 16.0 Å². The fourth-order valence-corrected chi connectivity index (χ4v) is 3.80. The molecule has 0 spiro atoms. The van der Waals surface area contributed by atoms with Crippen LogP contribution in [0.25, 0.3) is 0 Å². The lowest BCUT2D eigenvalue weighted by molar-refractivity contribution is 0.0927. The van der Waals surface area contributed by atoms with Crippen LogP contribution in [0.3, 0.4) is 0 Å². The number of carbonyl (C=O) groups is 1. The van der Waals surface area contributed by atoms with Crippen LogP contribution in [0, 0.1) is 25.5 Å². The number of halogens is 2. The minimum Gasteiger partial charge on any atom is -0.383 e. The molecule has 1 aliphatic heterocycles. The van der Waals surface area contributed by atoms with Gasteiger partial charge in [0.2, 0.25) is 0 Å². The third-order valence-electron chi connectivity index (χ3n) is 5.21. The molecule has 1 fully saturated rings. The van der Waals surface area contributed by atoms with E-state index >= 15 is 0 Å². The normalized spacial score (nSPS) is 14.3. The van der Waals surface area contributed by atoms with Crippen molar-refractivity contribution in [2.75, 3.05) is 51.5 Å². The van der Waals surface area contributed by atoms with E-state index < -0.39 is 11.6 Å². The number of nitrogens with one attached hydrogen (secondary N) is 1. The van der Waals surface area contributed by atoms with Gasteiger partial charge >= 0.3 is 0 Å². The first kappa shape index (κ1) is 21.3. The van der Waals surface area contributed by atoms with Crippen molar-refractivity contribution in [1.82, 2.24) is 9.88 Å². The number of aromatic nitrogens is 1. The van der Waals surface area contributed by atoms with Crippen molar-refractivity contribution < 1.29 is 23.0 Å². The Bertz CT molecular complexity index is 877. The molecule has 2 aromatic rings. The van der Waals surface area contributed by atoms with E-state index in [0.717, 1.165) is 36.1 Å². The minimum atomic E-state index is -0.630. The van der Waals surface area contributed by atoms with Crippen LogP contribution in [-0.4, -0.2) is 57.0 Å². The molecule has 0 saturated carbocycles. The van der Waals surface area contributed by atoms with Gasteiger partial charge in [0.25, 0.3) is 5.91 Å². The summed E-state index contributed by atoms with van der Waals surface area (Å²) in [6, 6.07) is 3.51. The zero-order chi connectivity index (χ0) is 21.0. The largest absolute Gasteiger partial charge is 0.383 e. The quantitative estimate of drug-likeness (QED) is 0.717. The van der Waals surface area contributed by atoms with Gasteiger partial charge in [-0.1, -0.05) is 6.07 Å². The number of benzene rings is 1. The predicted molar refractivity (Wildman–Crippen MR) is 107 cm³/mol. The molecule has 1 aromatic heterocycles. The van der Waals surface area contributed by atoms with Crippen molar-refractivity contribution in [3.63, 3.8) is 0 Å². The second-order valence-corrected chi connectivity index (χ2v) is 7.08. The van der Waals surface area contributed by atoms with E-state index in [1.54, 1.807) is 11.7 Å². The van der Waals surface area contributed by atoms with Crippen molar-refractivity contribution in [3.8, 4) is 0 Å². The molecular formula is C21H27F2N3O3. The van der Waals surface area contributed by atoms with E-state index in [2.05, 4.69) is 10.2 Å². The highest BCUT2D eigenvalue weighted by Crippen LogP contribution is 2.32. The highest BCUT2D eigenvalue weighted by Gasteiger charge is 2.27. The second kappa shape index (κ2) is 9.37. The Morgan fingerprint density at radius 3 is 2.62 bits per heavy atom. The summed E-state index contributed by atoms with van der Waals surface area (Å²) in [4.78, 5) is 15.1. The predicted octanol–water partition coefficient (Wildman–Crippen LogP) is 2.64. The van der Waals surface area contributed by atoms with Gasteiger partial charge in [-0.3, -0.25) is 4.79 Å². The molecule has 6 nitrogen and oxygen atoms in total. The maximum absolute atomic E-state index is 14.3. The monoisotopic (exact) mass is 407 g/mol. The number of carbonyl (C=O) groups excluding carboxylic acids is 1. The Hall–Kier alpha value is -2.45. The summed E-state index contributed by atoms with van der Waals surface area (Å²) in [6.07, 6.45) is 0. The Kier molecular flexibility index (Phi) is 6.87. The smallest absolute Gasteiger partial charge is 0.268 e. The molecule has 0 aliphatic carbocycles. The number of ether oxygens (including phenoxy) is 2. The zero-order valence-electron chi connectivity index (χ0n) is 17.1. The van der Waals surface area contributed by atoms with E-state index in [1.807, 2.05) is 13.8 Å². The van der Waals surface area contributed by atoms with Crippen LogP contribution in [0.4, 0.5) is 14.5 Å². The number of rotatable bonds is 7. The van der Waals surface area contributed by atoms with Gasteiger partial charge in [-0.25, -0.2) is 8.78 Å². The van der Waals surface area contributed by atoms with E-state index in [0.29, 0.717) is 37.6 Å². The maximum atomic E-state index is 14.3. The van der Waals surface area contributed by atoms with Crippen molar-refractivity contribution in [2.24, 2.45) is 0 Å². The number of morpholine rings is 1. The Balaban J connectivity index is 2.02. The third kappa shape index (κ3) is 4.59. The van der Waals surface area contributed by atoms with Crippen LogP contribution < -0.4 is 10.2 Å². The van der Waals surface area contributed by atoms with Crippen LogP contribution >= 0.6 is 0 Å². The topological polar surface area (TPSA) is 55.7 Å². The van der Waals surface area contributed by atoms with Gasteiger partial charge in [0, 0.05) is 49.6 Å². The zero-order valence-corrected chi connectivity index (χ0v) is 17.1. The minimum absolute atomic E-state index is 0.135. The highest BCUT2D eigenvalue weighted by molar-refractivity contribution is 5.96. The fraction of sp³-hybridized carbons (Fsp3) is 0.476. The summed E-state index contributed by atoms with van der Waals surface area (Å²) in [5.74, 6) is -1.50. The van der Waals surface area contributed by atoms with Gasteiger partial charge in [-0.2, -0.15) is 0 Å². The molecule has 0 atom stereocenters. The van der Waals surface area contributed by atoms with Crippen molar-refractivity contribution >= 4 is 11.6 Å². The number of methoxy groups -OCH3 is 1. The molecule has 1 N–H and O–H groups in total. The van der Waals surface area contributed by atoms with Gasteiger partial charge in [-0.15, -0.1) is 0 Å². The van der Waals surface area contributed by atoms with E-state index in [-0.39, 0.29) is 12.5 Å². The molecule has 1 saturated heterocycles. The average molecular weight is 407 g/mol. The maximum Gasteiger partial charge on any atom is 0.268 e. The Morgan fingerprint density at radius 2 is 1.97 bits per heavy atom. The molecule has 29 heavy (non-hydrogen) atoms. The molecule has 3 rings (SSSR count). The number of hydrogen-bond acceptors (Lipinski definition) is 4. The lowest BCUT2D eigenvalue weighted by Crippen LogP contribution is -2.36. The number of anilines is 1. The first-order valence-electron chi connectivity index (χ1n) is 9.67. The second-order valence-electron chi connectivity index (χ2n) is 7.08. The first-order chi connectivity index (χ1) is 13.9. The summed E-state index contributed by atoms with van der Waals surface area (Å²) in [6.45, 7) is 7.41. The number of hydrogen-bond donors (Lipinski definition) is 1. The van der Waals surface area contributed by atoms with E-state index in [9.17, 15) is 13.6 Å². The van der Waals surface area contributed by atoms with Crippen LogP contribution in [0.1, 0.15) is 27.3 Å². The molecule has 1 aromatic carbocycles. The Labute approximate surface area is 169 Å². The Morgan fingerprint density at radius 1 is 1.24 bits per heavy atom. The third-order valence-corrected chi connectivity index (χ3v) is 5.21. The van der Waals surface area contributed by atoms with Crippen LogP contribution in [0.15, 0.2) is 18.2 Å². The molecule has 0 radical (unpaired) electrons. The molecule has 158 valence electrons. The number of nitrogens with zero attached hydrogens (tertiary/aromatic N) is 2. The highest BCUT2D eigenvalue weighted by atomic mass is 19.1. The van der Waals surface area contributed by atoms with Crippen molar-refractivity contribution in [1.29, 1.82) is 0 Å². The molecular weight excluding hydrogens is 380 g/mol. The summed E-state index contributed by atoms with van der Waals surface area (Å²) < 4.78 is 39.9. The van der Waals surface area contributed by atoms with E-state index in [1.165, 1.54) is 12.1 Å². The van der Waals surface area contributed by atoms with Gasteiger partial charge < -0.3 is 24.3 Å². The summed E-state index contributed by atoms with van der Waals surface area (Å²) in [7, 11) is 1.57. The molecule has 0 bridgehead atoms. The van der Waals surface area contributed by atoms with Crippen molar-refractivity contribution in [2.45, 2.75) is 20.4 Å². The van der Waals surface area contributed by atoms with Crippen LogP contribution in [0.2, 0.25) is 0 Å². The fourth-order valence-electron chi connectivity index (χ4n) is 3.80.